The number of para-hydroxylation sites is 2. The van der Waals surface area contributed by atoms with Gasteiger partial charge in [0.25, 0.3) is 0 Å². The van der Waals surface area contributed by atoms with E-state index in [1.54, 1.807) is 24.8 Å². The van der Waals surface area contributed by atoms with Crippen LogP contribution in [0.3, 0.4) is 0 Å². The van der Waals surface area contributed by atoms with Gasteiger partial charge in [-0.1, -0.05) is 24.3 Å². The topological polar surface area (TPSA) is 77.8 Å². The van der Waals surface area contributed by atoms with E-state index >= 15 is 0 Å². The summed E-state index contributed by atoms with van der Waals surface area (Å²) in [4.78, 5) is 18.5. The van der Waals surface area contributed by atoms with E-state index in [1.807, 2.05) is 60.7 Å². The Kier molecular flexibility index (Phi) is 3.46. The van der Waals surface area contributed by atoms with Crippen LogP contribution >= 0.6 is 0 Å². The monoisotopic (exact) mass is 414 g/mol. The predicted molar refractivity (Wildman–Crippen MR) is 123 cm³/mol. The highest BCUT2D eigenvalue weighted by molar-refractivity contribution is 6.08. The molecule has 6 nitrogen and oxygen atoms in total. The van der Waals surface area contributed by atoms with Crippen LogP contribution in [0.15, 0.2) is 94.3 Å². The largest absolute Gasteiger partial charge is 0.454 e. The highest BCUT2D eigenvalue weighted by atomic mass is 16.3. The first-order valence-electron chi connectivity index (χ1n) is 10.2. The number of aromatic nitrogens is 4. The van der Waals surface area contributed by atoms with Gasteiger partial charge in [0.05, 0.1) is 23.8 Å². The summed E-state index contributed by atoms with van der Waals surface area (Å²) in [5.74, 6) is 0. The van der Waals surface area contributed by atoms with Gasteiger partial charge in [-0.25, -0.2) is 4.98 Å². The lowest BCUT2D eigenvalue weighted by Crippen LogP contribution is -1.92. The Morgan fingerprint density at radius 3 is 1.59 bits per heavy atom. The maximum atomic E-state index is 6.13. The molecule has 0 radical (unpaired) electrons. The number of nitrogens with zero attached hydrogens (tertiary/aromatic N) is 4. The van der Waals surface area contributed by atoms with Crippen LogP contribution in [0.4, 0.5) is 0 Å². The molecule has 7 rings (SSSR count). The number of pyridine rings is 2. The summed E-state index contributed by atoms with van der Waals surface area (Å²) in [7, 11) is 0. The molecule has 0 spiro atoms. The summed E-state index contributed by atoms with van der Waals surface area (Å²) in [6.45, 7) is 0. The van der Waals surface area contributed by atoms with Crippen LogP contribution in [0.25, 0.3) is 66.7 Å². The Morgan fingerprint density at radius 2 is 1.06 bits per heavy atom. The second-order valence-corrected chi connectivity index (χ2v) is 7.56. The van der Waals surface area contributed by atoms with Crippen LogP contribution in [0.2, 0.25) is 0 Å². The molecule has 7 aromatic rings. The number of benzene rings is 2. The van der Waals surface area contributed by atoms with E-state index in [1.165, 1.54) is 0 Å². The predicted octanol–water partition coefficient (Wildman–Crippen LogP) is 6.40. The Labute approximate surface area is 181 Å². The summed E-state index contributed by atoms with van der Waals surface area (Å²) in [6.07, 6.45) is 7.03. The van der Waals surface area contributed by atoms with Crippen LogP contribution in [0, 0.1) is 0 Å². The minimum atomic E-state index is 0.698. The second-order valence-electron chi connectivity index (χ2n) is 7.56. The van der Waals surface area contributed by atoms with Crippen molar-refractivity contribution in [2.24, 2.45) is 0 Å². The highest BCUT2D eigenvalue weighted by Gasteiger charge is 2.17. The molecule has 6 heteroatoms. The van der Waals surface area contributed by atoms with Crippen molar-refractivity contribution in [3.05, 3.63) is 85.5 Å². The first-order chi connectivity index (χ1) is 15.9. The first-order valence-corrected chi connectivity index (χ1v) is 10.2. The maximum absolute atomic E-state index is 6.13. The lowest BCUT2D eigenvalue weighted by Gasteiger charge is -2.05. The molecule has 0 fully saturated rings. The van der Waals surface area contributed by atoms with Gasteiger partial charge in [0.2, 0.25) is 0 Å². The van der Waals surface area contributed by atoms with E-state index in [2.05, 4.69) is 15.0 Å². The molecule has 0 bridgehead atoms. The van der Waals surface area contributed by atoms with Gasteiger partial charge in [-0.2, -0.15) is 0 Å². The van der Waals surface area contributed by atoms with E-state index in [9.17, 15) is 0 Å². The molecule has 0 unspecified atom stereocenters. The summed E-state index contributed by atoms with van der Waals surface area (Å²) < 4.78 is 12.3. The molecule has 0 saturated heterocycles. The highest BCUT2D eigenvalue weighted by Crippen LogP contribution is 2.36. The Bertz CT molecular complexity index is 1670. The Hall–Kier alpha value is -4.58. The summed E-state index contributed by atoms with van der Waals surface area (Å²) in [5, 5.41) is 1.96. The minimum Gasteiger partial charge on any atom is -0.454 e. The third-order valence-corrected chi connectivity index (χ3v) is 5.70. The number of hydrogen-bond donors (Lipinski definition) is 0. The molecular formula is C26H14N4O2. The quantitative estimate of drug-likeness (QED) is 0.326. The summed E-state index contributed by atoms with van der Waals surface area (Å²) in [6, 6.07) is 19.6. The molecule has 32 heavy (non-hydrogen) atoms. The molecule has 150 valence electrons. The van der Waals surface area contributed by atoms with Crippen LogP contribution < -0.4 is 0 Å². The minimum absolute atomic E-state index is 0.698. The zero-order valence-corrected chi connectivity index (χ0v) is 16.7. The Balaban J connectivity index is 1.45. The van der Waals surface area contributed by atoms with Gasteiger partial charge in [-0.3, -0.25) is 15.0 Å². The fraction of sp³-hybridized carbons (Fsp3) is 0. The molecule has 0 N–H and O–H groups in total. The van der Waals surface area contributed by atoms with Crippen molar-refractivity contribution in [1.29, 1.82) is 0 Å². The van der Waals surface area contributed by atoms with Gasteiger partial charge < -0.3 is 8.83 Å². The van der Waals surface area contributed by atoms with Crippen molar-refractivity contribution in [2.75, 3.05) is 0 Å². The summed E-state index contributed by atoms with van der Waals surface area (Å²) >= 11 is 0. The molecule has 0 atom stereocenters. The van der Waals surface area contributed by atoms with Crippen molar-refractivity contribution in [2.45, 2.75) is 0 Å². The van der Waals surface area contributed by atoms with Gasteiger partial charge in [-0.15, -0.1) is 0 Å². The number of furan rings is 2. The van der Waals surface area contributed by atoms with Crippen LogP contribution in [0.5, 0.6) is 0 Å². The van der Waals surface area contributed by atoms with E-state index in [0.29, 0.717) is 22.6 Å². The van der Waals surface area contributed by atoms with Gasteiger partial charge >= 0.3 is 0 Å². The van der Waals surface area contributed by atoms with Crippen molar-refractivity contribution >= 4 is 44.1 Å². The second kappa shape index (κ2) is 6.46. The van der Waals surface area contributed by atoms with Gasteiger partial charge in [0.15, 0.2) is 11.2 Å². The molecule has 0 aliphatic rings. The number of fused-ring (bicyclic) bond motifs is 6. The SMILES string of the molecule is c1ccc2c(c1)oc1c(-c3cncc(-c4ccnc5c4oc4ccccc45)n3)ccnc12. The van der Waals surface area contributed by atoms with Crippen molar-refractivity contribution in [1.82, 2.24) is 19.9 Å². The van der Waals surface area contributed by atoms with Crippen LogP contribution in [0.1, 0.15) is 0 Å². The molecular weight excluding hydrogens is 400 g/mol. The van der Waals surface area contributed by atoms with E-state index < -0.39 is 0 Å². The number of rotatable bonds is 2. The smallest absolute Gasteiger partial charge is 0.163 e. The van der Waals surface area contributed by atoms with Gasteiger partial charge in [-0.05, 0) is 36.4 Å². The maximum Gasteiger partial charge on any atom is 0.163 e. The fourth-order valence-corrected chi connectivity index (χ4v) is 4.24. The van der Waals surface area contributed by atoms with Gasteiger partial charge in [0.1, 0.15) is 22.2 Å². The number of hydrogen-bond acceptors (Lipinski definition) is 6. The zero-order valence-electron chi connectivity index (χ0n) is 16.7. The van der Waals surface area contributed by atoms with Crippen molar-refractivity contribution < 1.29 is 8.83 Å². The van der Waals surface area contributed by atoms with Crippen molar-refractivity contribution in [3.8, 4) is 22.5 Å². The molecule has 0 saturated carbocycles. The van der Waals surface area contributed by atoms with Crippen LogP contribution in [-0.2, 0) is 0 Å². The summed E-state index contributed by atoms with van der Waals surface area (Å²) in [5.41, 5.74) is 7.71. The lowest BCUT2D eigenvalue weighted by atomic mass is 10.1. The zero-order chi connectivity index (χ0) is 21.1. The molecule has 5 aromatic heterocycles. The molecule has 2 aromatic carbocycles. The third-order valence-electron chi connectivity index (χ3n) is 5.70. The molecule has 0 aliphatic heterocycles. The molecule has 5 heterocycles. The molecule has 0 amide bonds. The van der Waals surface area contributed by atoms with E-state index in [-0.39, 0.29) is 0 Å². The molecule has 0 aliphatic carbocycles. The van der Waals surface area contributed by atoms with Crippen LogP contribution in [-0.4, -0.2) is 19.9 Å². The van der Waals surface area contributed by atoms with E-state index in [4.69, 9.17) is 13.8 Å². The standard InChI is InChI=1S/C26H14N4O2/c1-3-7-21-17(5-1)23-25(31-21)15(9-11-28-23)19-13-27-14-20(30-19)16-10-12-29-24-18-6-2-4-8-22(18)32-26(16)24/h1-14H. The average Bonchev–Trinajstić information content (AvgIpc) is 3.42. The normalized spacial score (nSPS) is 11.8. The van der Waals surface area contributed by atoms with E-state index in [0.717, 1.165) is 44.1 Å². The van der Waals surface area contributed by atoms with Crippen molar-refractivity contribution in [3.63, 3.8) is 0 Å². The third kappa shape index (κ3) is 2.40. The lowest BCUT2D eigenvalue weighted by molar-refractivity contribution is 0.669. The average molecular weight is 414 g/mol. The first kappa shape index (κ1) is 17.1. The fourth-order valence-electron chi connectivity index (χ4n) is 4.24. The Morgan fingerprint density at radius 1 is 0.562 bits per heavy atom. The van der Waals surface area contributed by atoms with Gasteiger partial charge in [0, 0.05) is 34.3 Å².